The molecule has 0 aliphatic carbocycles. The lowest BCUT2D eigenvalue weighted by molar-refractivity contribution is 0.292. The Bertz CT molecular complexity index is 526. The monoisotopic (exact) mass is 327 g/mol. The summed E-state index contributed by atoms with van der Waals surface area (Å²) in [7, 11) is -1.87. The molecule has 0 unspecified atom stereocenters. The number of aryl methyl sites for hydroxylation is 2. The van der Waals surface area contributed by atoms with Gasteiger partial charge in [0.2, 0.25) is 0 Å². The summed E-state index contributed by atoms with van der Waals surface area (Å²) < 4.78 is 26.5. The molecule has 112 valence electrons. The van der Waals surface area contributed by atoms with E-state index in [4.69, 9.17) is 5.73 Å². The highest BCUT2D eigenvalue weighted by Gasteiger charge is 2.30. The third kappa shape index (κ3) is 4.39. The molecule has 0 radical (unpaired) electrons. The zero-order valence-corrected chi connectivity index (χ0v) is 14.4. The average Bonchev–Trinajstić information content (AvgIpc) is 2.57. The highest BCUT2D eigenvalue weighted by Crippen LogP contribution is 2.27. The number of aromatic nitrogens is 1. The molecule has 0 aliphatic heterocycles. The van der Waals surface area contributed by atoms with Gasteiger partial charge in [0.05, 0.1) is 10.7 Å². The first-order valence-corrected chi connectivity index (χ1v) is 7.96. The van der Waals surface area contributed by atoms with Gasteiger partial charge < -0.3 is 5.73 Å². The van der Waals surface area contributed by atoms with Crippen LogP contribution >= 0.6 is 23.7 Å². The smallest absolute Gasteiger partial charge is 0.254 e. The van der Waals surface area contributed by atoms with Gasteiger partial charge in [0.1, 0.15) is 0 Å². The Morgan fingerprint density at radius 1 is 1.37 bits per heavy atom. The van der Waals surface area contributed by atoms with Gasteiger partial charge in [-0.25, -0.2) is 13.4 Å². The molecule has 0 aromatic carbocycles. The second-order valence-corrected chi connectivity index (χ2v) is 8.68. The fourth-order valence-corrected chi connectivity index (χ4v) is 4.68. The molecule has 5 nitrogen and oxygen atoms in total. The van der Waals surface area contributed by atoms with E-state index < -0.39 is 10.0 Å². The number of thiazole rings is 1. The predicted octanol–water partition coefficient (Wildman–Crippen LogP) is 1.79. The molecule has 0 atom stereocenters. The fraction of sp³-hybridized carbons (Fsp3) is 0.727. The van der Waals surface area contributed by atoms with Crippen LogP contribution in [0.3, 0.4) is 0 Å². The van der Waals surface area contributed by atoms with Crippen molar-refractivity contribution in [3.63, 3.8) is 0 Å². The first-order chi connectivity index (χ1) is 8.10. The molecular weight excluding hydrogens is 306 g/mol. The topological polar surface area (TPSA) is 76.3 Å². The number of sulfonamides is 1. The Balaban J connectivity index is 0.00000324. The van der Waals surface area contributed by atoms with E-state index in [1.807, 2.05) is 13.8 Å². The van der Waals surface area contributed by atoms with Crippen LogP contribution in [0.5, 0.6) is 0 Å². The molecule has 19 heavy (non-hydrogen) atoms. The van der Waals surface area contributed by atoms with Crippen molar-refractivity contribution in [1.29, 1.82) is 0 Å². The highest BCUT2D eigenvalue weighted by molar-refractivity contribution is 7.91. The summed E-state index contributed by atoms with van der Waals surface area (Å²) >= 11 is 1.21. The first-order valence-electron chi connectivity index (χ1n) is 5.70. The van der Waals surface area contributed by atoms with E-state index in [1.54, 1.807) is 20.9 Å². The summed E-state index contributed by atoms with van der Waals surface area (Å²) in [4.78, 5) is 4.16. The van der Waals surface area contributed by atoms with E-state index in [2.05, 4.69) is 4.98 Å². The molecule has 1 heterocycles. The maximum atomic E-state index is 12.4. The molecule has 0 saturated heterocycles. The van der Waals surface area contributed by atoms with Crippen LogP contribution in [0.25, 0.3) is 0 Å². The van der Waals surface area contributed by atoms with Gasteiger partial charge in [0.25, 0.3) is 10.0 Å². The molecule has 1 aromatic rings. The van der Waals surface area contributed by atoms with E-state index >= 15 is 0 Å². The van der Waals surface area contributed by atoms with Gasteiger partial charge in [0, 0.05) is 13.6 Å². The van der Waals surface area contributed by atoms with Crippen molar-refractivity contribution in [3.8, 4) is 0 Å². The highest BCUT2D eigenvalue weighted by atomic mass is 35.5. The third-order valence-electron chi connectivity index (χ3n) is 2.71. The minimum Gasteiger partial charge on any atom is -0.330 e. The lowest BCUT2D eigenvalue weighted by Crippen LogP contribution is -2.39. The van der Waals surface area contributed by atoms with Crippen LogP contribution in [0, 0.1) is 19.3 Å². The molecule has 1 rings (SSSR count). The molecular formula is C11H22ClN3O2S2. The van der Waals surface area contributed by atoms with Crippen LogP contribution in [-0.4, -0.2) is 37.8 Å². The second-order valence-electron chi connectivity index (χ2n) is 5.24. The molecule has 0 bridgehead atoms. The first kappa shape index (κ1) is 18.8. The van der Waals surface area contributed by atoms with Crippen molar-refractivity contribution in [1.82, 2.24) is 9.29 Å². The number of hydrogen-bond donors (Lipinski definition) is 1. The fourth-order valence-electron chi connectivity index (χ4n) is 1.65. The molecule has 0 fully saturated rings. The standard InChI is InChI=1S/C11H21N3O2S2.ClH/c1-8-10(17-9(2)13-8)18(15,16)14(5)7-11(3,4)6-12;/h6-7,12H2,1-5H3;1H. The summed E-state index contributed by atoms with van der Waals surface area (Å²) in [5.74, 6) is 0. The average molecular weight is 328 g/mol. The van der Waals surface area contributed by atoms with Crippen molar-refractivity contribution in [2.45, 2.75) is 31.9 Å². The lowest BCUT2D eigenvalue weighted by Gasteiger charge is -2.28. The Morgan fingerprint density at radius 3 is 2.26 bits per heavy atom. The summed E-state index contributed by atoms with van der Waals surface area (Å²) in [5.41, 5.74) is 5.96. The minimum atomic E-state index is -3.46. The lowest BCUT2D eigenvalue weighted by atomic mass is 9.94. The SMILES string of the molecule is Cc1nc(C)c(S(=O)(=O)N(C)CC(C)(C)CN)s1.Cl. The molecule has 0 amide bonds. The maximum absolute atomic E-state index is 12.4. The summed E-state index contributed by atoms with van der Waals surface area (Å²) in [6.45, 7) is 8.25. The van der Waals surface area contributed by atoms with E-state index in [0.717, 1.165) is 5.01 Å². The number of rotatable bonds is 5. The van der Waals surface area contributed by atoms with Crippen LogP contribution < -0.4 is 5.73 Å². The third-order valence-corrected chi connectivity index (χ3v) is 6.17. The van der Waals surface area contributed by atoms with Crippen LogP contribution in [0.15, 0.2) is 4.21 Å². The van der Waals surface area contributed by atoms with Gasteiger partial charge in [-0.3, -0.25) is 0 Å². The Kier molecular flexibility index (Phi) is 6.42. The van der Waals surface area contributed by atoms with Crippen molar-refractivity contribution < 1.29 is 8.42 Å². The molecule has 0 aliphatic rings. The van der Waals surface area contributed by atoms with E-state index in [-0.39, 0.29) is 17.8 Å². The summed E-state index contributed by atoms with van der Waals surface area (Å²) in [5, 5.41) is 0.762. The Labute approximate surface area is 125 Å². The molecule has 1 aromatic heterocycles. The van der Waals surface area contributed by atoms with E-state index in [0.29, 0.717) is 23.0 Å². The number of nitrogens with zero attached hydrogens (tertiary/aromatic N) is 2. The predicted molar refractivity (Wildman–Crippen MR) is 81.5 cm³/mol. The Hall–Kier alpha value is -0.210. The van der Waals surface area contributed by atoms with Crippen LogP contribution in [-0.2, 0) is 10.0 Å². The minimum absolute atomic E-state index is 0. The quantitative estimate of drug-likeness (QED) is 0.894. The second kappa shape index (κ2) is 6.49. The zero-order chi connectivity index (χ0) is 14.1. The normalized spacial score (nSPS) is 12.6. The van der Waals surface area contributed by atoms with E-state index in [9.17, 15) is 8.42 Å². The van der Waals surface area contributed by atoms with Gasteiger partial charge in [-0.2, -0.15) is 4.31 Å². The maximum Gasteiger partial charge on any atom is 0.254 e. The van der Waals surface area contributed by atoms with Crippen molar-refractivity contribution in [3.05, 3.63) is 10.7 Å². The van der Waals surface area contributed by atoms with E-state index in [1.165, 1.54) is 15.6 Å². The van der Waals surface area contributed by atoms with Gasteiger partial charge >= 0.3 is 0 Å². The number of nitrogens with two attached hydrogens (primary N) is 1. The van der Waals surface area contributed by atoms with Gasteiger partial charge in [-0.15, -0.1) is 23.7 Å². The van der Waals surface area contributed by atoms with Gasteiger partial charge in [0.15, 0.2) is 4.21 Å². The summed E-state index contributed by atoms with van der Waals surface area (Å²) in [6, 6.07) is 0. The molecule has 2 N–H and O–H groups in total. The largest absolute Gasteiger partial charge is 0.330 e. The van der Waals surface area contributed by atoms with Crippen LogP contribution in [0.4, 0.5) is 0 Å². The van der Waals surface area contributed by atoms with Crippen molar-refractivity contribution in [2.24, 2.45) is 11.1 Å². The van der Waals surface area contributed by atoms with Crippen molar-refractivity contribution >= 4 is 33.8 Å². The zero-order valence-electron chi connectivity index (χ0n) is 11.9. The molecule has 8 heteroatoms. The van der Waals surface area contributed by atoms with Crippen LogP contribution in [0.2, 0.25) is 0 Å². The Morgan fingerprint density at radius 2 is 1.89 bits per heavy atom. The number of halogens is 1. The van der Waals surface area contributed by atoms with Gasteiger partial charge in [-0.05, 0) is 25.8 Å². The van der Waals surface area contributed by atoms with Crippen LogP contribution in [0.1, 0.15) is 24.5 Å². The molecule has 0 saturated carbocycles. The summed E-state index contributed by atoms with van der Waals surface area (Å²) in [6.07, 6.45) is 0. The van der Waals surface area contributed by atoms with Gasteiger partial charge in [-0.1, -0.05) is 13.8 Å². The molecule has 0 spiro atoms. The van der Waals surface area contributed by atoms with Crippen molar-refractivity contribution in [2.75, 3.05) is 20.1 Å². The number of hydrogen-bond acceptors (Lipinski definition) is 5.